The third-order valence-corrected chi connectivity index (χ3v) is 4.31. The van der Waals surface area contributed by atoms with E-state index in [0.717, 1.165) is 23.7 Å². The summed E-state index contributed by atoms with van der Waals surface area (Å²) in [7, 11) is 0. The molecule has 2 fully saturated rings. The van der Waals surface area contributed by atoms with Gasteiger partial charge in [-0.3, -0.25) is 4.79 Å². The molecule has 2 aliphatic rings. The van der Waals surface area contributed by atoms with Gasteiger partial charge in [-0.1, -0.05) is 0 Å². The van der Waals surface area contributed by atoms with Gasteiger partial charge >= 0.3 is 6.18 Å². The Labute approximate surface area is 125 Å². The van der Waals surface area contributed by atoms with Crippen LogP contribution in [-0.4, -0.2) is 21.9 Å². The number of nitrogens with zero attached hydrogens (tertiary/aromatic N) is 2. The highest BCUT2D eigenvalue weighted by molar-refractivity contribution is 5.50. The Bertz CT molecular complexity index is 601. The minimum absolute atomic E-state index is 0.0983. The van der Waals surface area contributed by atoms with E-state index >= 15 is 0 Å². The summed E-state index contributed by atoms with van der Waals surface area (Å²) in [5.74, 6) is 0. The highest BCUT2D eigenvalue weighted by Crippen LogP contribution is 2.36. The van der Waals surface area contributed by atoms with Crippen LogP contribution in [0.25, 0.3) is 0 Å². The van der Waals surface area contributed by atoms with E-state index in [1.165, 1.54) is 0 Å². The summed E-state index contributed by atoms with van der Waals surface area (Å²) in [5.41, 5.74) is 3.40. The van der Waals surface area contributed by atoms with Crippen LogP contribution in [0.15, 0.2) is 11.0 Å². The maximum atomic E-state index is 13.3. The molecule has 0 bridgehead atoms. The highest BCUT2D eigenvalue weighted by Gasteiger charge is 2.40. The molecule has 122 valence electrons. The molecule has 1 aromatic heterocycles. The van der Waals surface area contributed by atoms with Crippen LogP contribution in [-0.2, 0) is 6.18 Å². The Morgan fingerprint density at radius 2 is 1.82 bits per heavy atom. The first-order valence-corrected chi connectivity index (χ1v) is 7.57. The summed E-state index contributed by atoms with van der Waals surface area (Å²) in [4.78, 5) is 12.1. The quantitative estimate of drug-likeness (QED) is 0.897. The zero-order valence-corrected chi connectivity index (χ0v) is 12.1. The van der Waals surface area contributed by atoms with Gasteiger partial charge in [0.1, 0.15) is 5.56 Å². The largest absolute Gasteiger partial charge is 0.423 e. The Morgan fingerprint density at radius 3 is 2.36 bits per heavy atom. The van der Waals surface area contributed by atoms with Gasteiger partial charge in [0.25, 0.3) is 5.56 Å². The molecular formula is C14H19F3N4O. The third-order valence-electron chi connectivity index (χ3n) is 4.31. The van der Waals surface area contributed by atoms with Crippen LogP contribution < -0.4 is 16.6 Å². The van der Waals surface area contributed by atoms with E-state index in [-0.39, 0.29) is 23.8 Å². The topological polar surface area (TPSA) is 72.9 Å². The first kappa shape index (κ1) is 15.3. The fourth-order valence-electron chi connectivity index (χ4n) is 2.91. The summed E-state index contributed by atoms with van der Waals surface area (Å²) in [6.07, 6.45) is 0.793. The number of hydrogen-bond acceptors (Lipinski definition) is 4. The molecule has 1 heterocycles. The van der Waals surface area contributed by atoms with E-state index in [9.17, 15) is 18.0 Å². The Morgan fingerprint density at radius 1 is 1.18 bits per heavy atom. The van der Waals surface area contributed by atoms with E-state index in [1.807, 2.05) is 0 Å². The standard InChI is InChI=1S/C14H19F3N4O/c15-14(16,17)12-11(20-9-3-1-8(18)2-4-9)7-19-21(13(12)22)10-5-6-10/h7-10,20H,1-6,18H2. The van der Waals surface area contributed by atoms with Gasteiger partial charge in [-0.05, 0) is 38.5 Å². The smallest absolute Gasteiger partial charge is 0.380 e. The molecule has 0 amide bonds. The van der Waals surface area contributed by atoms with Crippen molar-refractivity contribution in [2.45, 2.75) is 62.8 Å². The van der Waals surface area contributed by atoms with E-state index in [2.05, 4.69) is 10.4 Å². The second kappa shape index (κ2) is 5.57. The van der Waals surface area contributed by atoms with Crippen molar-refractivity contribution < 1.29 is 13.2 Å². The number of hydrogen-bond donors (Lipinski definition) is 2. The van der Waals surface area contributed by atoms with Crippen LogP contribution in [0.4, 0.5) is 18.9 Å². The molecule has 0 saturated heterocycles. The van der Waals surface area contributed by atoms with Crippen molar-refractivity contribution in [2.75, 3.05) is 5.32 Å². The molecule has 1 aromatic rings. The minimum Gasteiger partial charge on any atom is -0.380 e. The van der Waals surface area contributed by atoms with Crippen LogP contribution in [0, 0.1) is 0 Å². The van der Waals surface area contributed by atoms with Crippen LogP contribution in [0.5, 0.6) is 0 Å². The predicted molar refractivity (Wildman–Crippen MR) is 75.6 cm³/mol. The lowest BCUT2D eigenvalue weighted by molar-refractivity contribution is -0.138. The molecule has 0 radical (unpaired) electrons. The molecule has 5 nitrogen and oxygen atoms in total. The molecule has 3 N–H and O–H groups in total. The molecular weight excluding hydrogens is 297 g/mol. The zero-order chi connectivity index (χ0) is 15.9. The van der Waals surface area contributed by atoms with E-state index in [0.29, 0.717) is 25.7 Å². The van der Waals surface area contributed by atoms with Crippen LogP contribution in [0.3, 0.4) is 0 Å². The predicted octanol–water partition coefficient (Wildman–Crippen LogP) is 2.28. The number of aromatic nitrogens is 2. The second-order valence-electron chi connectivity index (χ2n) is 6.17. The van der Waals surface area contributed by atoms with Crippen molar-refractivity contribution >= 4 is 5.69 Å². The van der Waals surface area contributed by atoms with Crippen molar-refractivity contribution in [3.05, 3.63) is 22.1 Å². The molecule has 8 heteroatoms. The van der Waals surface area contributed by atoms with E-state index in [4.69, 9.17) is 5.73 Å². The maximum absolute atomic E-state index is 13.3. The van der Waals surface area contributed by atoms with E-state index in [1.54, 1.807) is 0 Å². The lowest BCUT2D eigenvalue weighted by Gasteiger charge is -2.28. The molecule has 2 saturated carbocycles. The van der Waals surface area contributed by atoms with Crippen molar-refractivity contribution in [1.29, 1.82) is 0 Å². The highest BCUT2D eigenvalue weighted by atomic mass is 19.4. The maximum Gasteiger partial charge on any atom is 0.423 e. The number of nitrogens with two attached hydrogens (primary N) is 1. The van der Waals surface area contributed by atoms with Crippen molar-refractivity contribution in [3.63, 3.8) is 0 Å². The molecule has 22 heavy (non-hydrogen) atoms. The number of halogens is 3. The van der Waals surface area contributed by atoms with Crippen molar-refractivity contribution in [3.8, 4) is 0 Å². The SMILES string of the molecule is NC1CCC(Nc2cnn(C3CC3)c(=O)c2C(F)(F)F)CC1. The molecule has 0 spiro atoms. The average molecular weight is 316 g/mol. The number of anilines is 1. The zero-order valence-electron chi connectivity index (χ0n) is 12.1. The van der Waals surface area contributed by atoms with Crippen LogP contribution in [0.1, 0.15) is 50.1 Å². The molecule has 2 aliphatic carbocycles. The fourth-order valence-corrected chi connectivity index (χ4v) is 2.91. The summed E-state index contributed by atoms with van der Waals surface area (Å²) >= 11 is 0. The van der Waals surface area contributed by atoms with Gasteiger partial charge in [0.05, 0.1) is 17.9 Å². The Hall–Kier alpha value is -1.57. The second-order valence-corrected chi connectivity index (χ2v) is 6.17. The van der Waals surface area contributed by atoms with Gasteiger partial charge in [0, 0.05) is 12.1 Å². The molecule has 0 atom stereocenters. The average Bonchev–Trinajstić information content (AvgIpc) is 3.24. The third kappa shape index (κ3) is 3.11. The van der Waals surface area contributed by atoms with Crippen LogP contribution in [0.2, 0.25) is 0 Å². The van der Waals surface area contributed by atoms with Crippen molar-refractivity contribution in [1.82, 2.24) is 9.78 Å². The van der Waals surface area contributed by atoms with Gasteiger partial charge in [0.2, 0.25) is 0 Å². The molecule has 3 rings (SSSR count). The lowest BCUT2D eigenvalue weighted by Crippen LogP contribution is -2.36. The first-order chi connectivity index (χ1) is 10.4. The first-order valence-electron chi connectivity index (χ1n) is 7.57. The van der Waals surface area contributed by atoms with Gasteiger partial charge < -0.3 is 11.1 Å². The van der Waals surface area contributed by atoms with E-state index < -0.39 is 17.3 Å². The minimum atomic E-state index is -4.69. The summed E-state index contributed by atoms with van der Waals surface area (Å²) < 4.78 is 40.8. The number of alkyl halides is 3. The summed E-state index contributed by atoms with van der Waals surface area (Å²) in [6.45, 7) is 0. The molecule has 0 aliphatic heterocycles. The fraction of sp³-hybridized carbons (Fsp3) is 0.714. The van der Waals surface area contributed by atoms with Crippen LogP contribution >= 0.6 is 0 Å². The van der Waals surface area contributed by atoms with Gasteiger partial charge in [-0.25, -0.2) is 4.68 Å². The monoisotopic (exact) mass is 316 g/mol. The number of rotatable bonds is 3. The molecule has 0 unspecified atom stereocenters. The van der Waals surface area contributed by atoms with Gasteiger partial charge in [-0.15, -0.1) is 0 Å². The Kier molecular flexibility index (Phi) is 3.88. The summed E-state index contributed by atoms with van der Waals surface area (Å²) in [6, 6.07) is -0.171. The number of nitrogens with one attached hydrogen (secondary N) is 1. The van der Waals surface area contributed by atoms with Gasteiger partial charge in [-0.2, -0.15) is 18.3 Å². The normalized spacial score (nSPS) is 26.0. The van der Waals surface area contributed by atoms with Crippen molar-refractivity contribution in [2.24, 2.45) is 5.73 Å². The molecule has 0 aromatic carbocycles. The Balaban J connectivity index is 1.90. The van der Waals surface area contributed by atoms with Gasteiger partial charge in [0.15, 0.2) is 0 Å². The summed E-state index contributed by atoms with van der Waals surface area (Å²) in [5, 5.41) is 6.76. The lowest BCUT2D eigenvalue weighted by atomic mass is 9.91.